The molecule has 7 rings (SSSR count). The first-order valence-corrected chi connectivity index (χ1v) is 14.1. The zero-order chi connectivity index (χ0) is 27.9. The van der Waals surface area contributed by atoms with E-state index in [0.29, 0.717) is 60.9 Å². The van der Waals surface area contributed by atoms with Crippen molar-refractivity contribution in [3.05, 3.63) is 24.6 Å². The number of carbonyl (C=O) groups is 2. The van der Waals surface area contributed by atoms with Crippen molar-refractivity contribution in [2.75, 3.05) is 48.3 Å². The molecule has 1 saturated heterocycles. The number of aliphatic carboxylic acids is 1. The van der Waals surface area contributed by atoms with Crippen LogP contribution in [0.15, 0.2) is 29.0 Å². The topological polar surface area (TPSA) is 150 Å². The molecule has 3 heterocycles. The maximum Gasteiger partial charge on any atom is 0.303 e. The molecular formula is C28H36N8O4. The summed E-state index contributed by atoms with van der Waals surface area (Å²) in [6.07, 6.45) is 5.10. The van der Waals surface area contributed by atoms with Gasteiger partial charge in [0.05, 0.1) is 6.42 Å². The number of piperazine rings is 1. The van der Waals surface area contributed by atoms with Gasteiger partial charge in [-0.1, -0.05) is 13.8 Å². The highest BCUT2D eigenvalue weighted by atomic mass is 16.4. The standard InChI is InChI=1S/C28H36N8O4/c1-28(2)18-4-3-17(20(28)13-18)15-29-25-32-26(31-19-5-6-21-22(14-19)40-16-30-21)34-27(33-25)36-11-9-35(10-12-36)23(37)7-8-24(38)39/h5-6,14,16-18,20H,3-4,7-13,15H2,1-2H3,(H,38,39)(H2,29,31,32,33,34). The minimum absolute atomic E-state index is 0.0124. The second-order valence-corrected chi connectivity index (χ2v) is 11.8. The zero-order valence-corrected chi connectivity index (χ0v) is 23.0. The van der Waals surface area contributed by atoms with Gasteiger partial charge in [-0.05, 0) is 54.6 Å². The average Bonchev–Trinajstić information content (AvgIpc) is 3.43. The quantitative estimate of drug-likeness (QED) is 0.359. The SMILES string of the molecule is CC1(C)C2CCC(CNc3nc(Nc4ccc5ncoc5c4)nc(N4CCN(C(=O)CCC(=O)O)CC4)n3)C1C2. The number of benzene rings is 1. The molecule has 3 unspecified atom stereocenters. The molecule has 4 aliphatic rings. The monoisotopic (exact) mass is 548 g/mol. The Balaban J connectivity index is 1.18. The number of nitrogens with one attached hydrogen (secondary N) is 2. The van der Waals surface area contributed by atoms with Crippen LogP contribution in [-0.2, 0) is 9.59 Å². The van der Waals surface area contributed by atoms with Gasteiger partial charge in [-0.3, -0.25) is 9.59 Å². The molecule has 3 N–H and O–H groups in total. The zero-order valence-electron chi connectivity index (χ0n) is 23.0. The van der Waals surface area contributed by atoms with Crippen LogP contribution in [0.25, 0.3) is 11.1 Å². The lowest BCUT2D eigenvalue weighted by molar-refractivity contribution is -0.141. The number of fused-ring (bicyclic) bond motifs is 3. The molecule has 2 bridgehead atoms. The van der Waals surface area contributed by atoms with Crippen molar-refractivity contribution in [2.45, 2.75) is 46.0 Å². The van der Waals surface area contributed by atoms with E-state index >= 15 is 0 Å². The average molecular weight is 549 g/mol. The third-order valence-corrected chi connectivity index (χ3v) is 9.20. The van der Waals surface area contributed by atoms with E-state index in [9.17, 15) is 9.59 Å². The molecule has 3 aliphatic carbocycles. The summed E-state index contributed by atoms with van der Waals surface area (Å²) in [4.78, 5) is 45.4. The molecule has 4 fully saturated rings. The molecular weight excluding hydrogens is 512 g/mol. The molecule has 1 aliphatic heterocycles. The molecule has 12 heteroatoms. The van der Waals surface area contributed by atoms with Crippen LogP contribution in [0.4, 0.5) is 23.5 Å². The number of anilines is 4. The minimum atomic E-state index is -0.964. The highest BCUT2D eigenvalue weighted by molar-refractivity contribution is 5.81. The Morgan fingerprint density at radius 2 is 1.88 bits per heavy atom. The van der Waals surface area contributed by atoms with Crippen molar-refractivity contribution in [1.29, 1.82) is 0 Å². The second kappa shape index (κ2) is 10.5. The van der Waals surface area contributed by atoms with Crippen LogP contribution in [0, 0.1) is 23.2 Å². The summed E-state index contributed by atoms with van der Waals surface area (Å²) in [6.45, 7) is 7.68. The summed E-state index contributed by atoms with van der Waals surface area (Å²) >= 11 is 0. The van der Waals surface area contributed by atoms with E-state index in [1.807, 2.05) is 23.1 Å². The largest absolute Gasteiger partial charge is 0.481 e. The number of aromatic nitrogens is 4. The predicted molar refractivity (Wildman–Crippen MR) is 149 cm³/mol. The second-order valence-electron chi connectivity index (χ2n) is 11.8. The van der Waals surface area contributed by atoms with Crippen molar-refractivity contribution >= 4 is 46.5 Å². The Bertz CT molecular complexity index is 1400. The highest BCUT2D eigenvalue weighted by Crippen LogP contribution is 2.61. The van der Waals surface area contributed by atoms with Gasteiger partial charge in [0.25, 0.3) is 0 Å². The lowest BCUT2D eigenvalue weighted by atomic mass is 9.45. The Kier molecular flexibility index (Phi) is 6.93. The number of carboxylic acid groups (broad SMARTS) is 1. The summed E-state index contributed by atoms with van der Waals surface area (Å²) in [7, 11) is 0. The molecule has 1 aromatic carbocycles. The predicted octanol–water partition coefficient (Wildman–Crippen LogP) is 3.75. The van der Waals surface area contributed by atoms with Gasteiger partial charge in [-0.2, -0.15) is 15.0 Å². The van der Waals surface area contributed by atoms with Crippen LogP contribution in [0.5, 0.6) is 0 Å². The molecule has 2 aromatic heterocycles. The van der Waals surface area contributed by atoms with Crippen LogP contribution in [0.1, 0.15) is 46.0 Å². The van der Waals surface area contributed by atoms with Gasteiger partial charge >= 0.3 is 5.97 Å². The molecule has 212 valence electrons. The summed E-state index contributed by atoms with van der Waals surface area (Å²) in [5, 5.41) is 15.7. The molecule has 12 nitrogen and oxygen atoms in total. The van der Waals surface area contributed by atoms with Gasteiger partial charge in [0.15, 0.2) is 12.0 Å². The van der Waals surface area contributed by atoms with Gasteiger partial charge in [0.2, 0.25) is 23.8 Å². The molecule has 40 heavy (non-hydrogen) atoms. The van der Waals surface area contributed by atoms with E-state index in [4.69, 9.17) is 24.5 Å². The van der Waals surface area contributed by atoms with Gasteiger partial charge < -0.3 is 30.0 Å². The Labute approximate surface area is 232 Å². The van der Waals surface area contributed by atoms with Crippen molar-refractivity contribution in [2.24, 2.45) is 23.2 Å². The first-order valence-electron chi connectivity index (χ1n) is 14.1. The fourth-order valence-electron chi connectivity index (χ4n) is 6.66. The summed E-state index contributed by atoms with van der Waals surface area (Å²) in [6, 6.07) is 5.64. The molecule has 3 atom stereocenters. The first kappa shape index (κ1) is 26.3. The third kappa shape index (κ3) is 5.26. The summed E-state index contributed by atoms with van der Waals surface area (Å²) in [5.74, 6) is 2.53. The van der Waals surface area contributed by atoms with Crippen LogP contribution < -0.4 is 15.5 Å². The number of hydrogen-bond acceptors (Lipinski definition) is 10. The van der Waals surface area contributed by atoms with Crippen molar-refractivity contribution in [1.82, 2.24) is 24.8 Å². The number of nitrogens with zero attached hydrogens (tertiary/aromatic N) is 6. The van der Waals surface area contributed by atoms with Crippen LogP contribution in [0.2, 0.25) is 0 Å². The highest BCUT2D eigenvalue weighted by Gasteiger charge is 2.53. The van der Waals surface area contributed by atoms with E-state index in [2.05, 4.69) is 29.5 Å². The van der Waals surface area contributed by atoms with Gasteiger partial charge in [0, 0.05) is 50.9 Å². The number of carboxylic acids is 1. The van der Waals surface area contributed by atoms with Crippen molar-refractivity contribution in [3.8, 4) is 0 Å². The molecule has 0 radical (unpaired) electrons. The van der Waals surface area contributed by atoms with Crippen molar-refractivity contribution in [3.63, 3.8) is 0 Å². The summed E-state index contributed by atoms with van der Waals surface area (Å²) < 4.78 is 5.45. The van der Waals surface area contributed by atoms with Crippen LogP contribution in [0.3, 0.4) is 0 Å². The van der Waals surface area contributed by atoms with E-state index in [1.165, 1.54) is 25.7 Å². The molecule has 3 aromatic rings. The number of hydrogen-bond donors (Lipinski definition) is 3. The first-order chi connectivity index (χ1) is 19.3. The molecule has 3 saturated carbocycles. The smallest absolute Gasteiger partial charge is 0.303 e. The maximum absolute atomic E-state index is 12.4. The van der Waals surface area contributed by atoms with Gasteiger partial charge in [-0.15, -0.1) is 0 Å². The van der Waals surface area contributed by atoms with E-state index < -0.39 is 5.97 Å². The van der Waals surface area contributed by atoms with Gasteiger partial charge in [-0.25, -0.2) is 4.98 Å². The van der Waals surface area contributed by atoms with E-state index in [1.54, 1.807) is 4.90 Å². The van der Waals surface area contributed by atoms with Crippen LogP contribution >= 0.6 is 0 Å². The Hall–Kier alpha value is -3.96. The van der Waals surface area contributed by atoms with Crippen molar-refractivity contribution < 1.29 is 19.1 Å². The Morgan fingerprint density at radius 1 is 1.07 bits per heavy atom. The van der Waals surface area contributed by atoms with Gasteiger partial charge in [0.1, 0.15) is 5.52 Å². The fourth-order valence-corrected chi connectivity index (χ4v) is 6.66. The Morgan fingerprint density at radius 3 is 2.62 bits per heavy atom. The van der Waals surface area contributed by atoms with Crippen LogP contribution in [-0.4, -0.2) is 74.5 Å². The normalized spacial score (nSPS) is 23.5. The number of rotatable bonds is 9. The van der Waals surface area contributed by atoms with E-state index in [-0.39, 0.29) is 18.7 Å². The molecule has 1 amide bonds. The number of oxazole rings is 1. The fraction of sp³-hybridized carbons (Fsp3) is 0.571. The summed E-state index contributed by atoms with van der Waals surface area (Å²) in [5.41, 5.74) is 2.62. The molecule has 0 spiro atoms. The lowest BCUT2D eigenvalue weighted by Gasteiger charge is -2.60. The lowest BCUT2D eigenvalue weighted by Crippen LogP contribution is -2.53. The number of carbonyl (C=O) groups excluding carboxylic acids is 1. The number of amides is 1. The third-order valence-electron chi connectivity index (χ3n) is 9.20. The van der Waals surface area contributed by atoms with E-state index in [0.717, 1.165) is 29.6 Å². The minimum Gasteiger partial charge on any atom is -0.481 e. The maximum atomic E-state index is 12.4.